The quantitative estimate of drug-likeness (QED) is 0.554. The van der Waals surface area contributed by atoms with Crippen LogP contribution < -0.4 is 16.0 Å². The normalized spacial score (nSPS) is 25.6. The van der Waals surface area contributed by atoms with Crippen molar-refractivity contribution in [2.45, 2.75) is 49.9 Å². The van der Waals surface area contributed by atoms with Crippen molar-refractivity contribution in [3.63, 3.8) is 0 Å². The molecule has 6 heteroatoms. The first kappa shape index (κ1) is 16.2. The molecule has 5 nitrogen and oxygen atoms in total. The van der Waals surface area contributed by atoms with Crippen LogP contribution in [0.3, 0.4) is 0 Å². The van der Waals surface area contributed by atoms with Crippen molar-refractivity contribution < 1.29 is 9.59 Å². The summed E-state index contributed by atoms with van der Waals surface area (Å²) in [7, 11) is 0. The van der Waals surface area contributed by atoms with Gasteiger partial charge in [0, 0.05) is 23.1 Å². The number of carbonyl (C=O) groups is 2. The van der Waals surface area contributed by atoms with Gasteiger partial charge in [0.15, 0.2) is 0 Å². The molecule has 0 aromatic heterocycles. The number of hydrogen-bond acceptors (Lipinski definition) is 3. The summed E-state index contributed by atoms with van der Waals surface area (Å²) in [6, 6.07) is 8.32. The van der Waals surface area contributed by atoms with Gasteiger partial charge in [-0.3, -0.25) is 4.79 Å². The monoisotopic (exact) mass is 333 g/mol. The zero-order chi connectivity index (χ0) is 16.2. The van der Waals surface area contributed by atoms with Crippen molar-refractivity contribution in [3.05, 3.63) is 29.8 Å². The molecule has 0 spiro atoms. The predicted molar refractivity (Wildman–Crippen MR) is 93.8 cm³/mol. The molecule has 23 heavy (non-hydrogen) atoms. The van der Waals surface area contributed by atoms with Crippen molar-refractivity contribution in [3.8, 4) is 0 Å². The van der Waals surface area contributed by atoms with Gasteiger partial charge in [-0.25, -0.2) is 4.79 Å². The van der Waals surface area contributed by atoms with E-state index in [0.29, 0.717) is 11.7 Å². The molecular formula is C17H23N3O2S. The minimum absolute atomic E-state index is 0.0390. The maximum atomic E-state index is 12.0. The summed E-state index contributed by atoms with van der Waals surface area (Å²) in [6.45, 7) is 1.99. The predicted octanol–water partition coefficient (Wildman–Crippen LogP) is 2.66. The van der Waals surface area contributed by atoms with Crippen LogP contribution in [0.1, 0.15) is 31.2 Å². The first-order valence-corrected chi connectivity index (χ1v) is 9.22. The van der Waals surface area contributed by atoms with Crippen LogP contribution in [0, 0.1) is 6.92 Å². The van der Waals surface area contributed by atoms with Gasteiger partial charge in [-0.05, 0) is 31.4 Å². The lowest BCUT2D eigenvalue weighted by Gasteiger charge is -2.16. The van der Waals surface area contributed by atoms with Gasteiger partial charge in [-0.1, -0.05) is 24.6 Å². The average molecular weight is 333 g/mol. The molecule has 2 heterocycles. The van der Waals surface area contributed by atoms with Crippen molar-refractivity contribution in [2.24, 2.45) is 0 Å². The van der Waals surface area contributed by atoms with E-state index in [4.69, 9.17) is 0 Å². The fourth-order valence-electron chi connectivity index (χ4n) is 3.20. The van der Waals surface area contributed by atoms with E-state index in [0.717, 1.165) is 36.3 Å². The molecule has 0 aliphatic carbocycles. The molecule has 0 saturated carbocycles. The molecule has 2 saturated heterocycles. The van der Waals surface area contributed by atoms with Gasteiger partial charge in [0.05, 0.1) is 12.1 Å². The zero-order valence-corrected chi connectivity index (χ0v) is 14.1. The van der Waals surface area contributed by atoms with E-state index in [1.807, 2.05) is 43.0 Å². The molecule has 3 atom stereocenters. The standard InChI is InChI=1S/C17H23N3O2S/c1-11-6-2-3-7-12(11)18-15(21)9-5-4-8-14-16-13(10-23-14)19-17(22)20-16/h2-3,6-7,13-14,16H,4-5,8-10H2,1H3,(H,18,21)(H2,19,20,22)/t13-,14-,16-/m0/s1. The molecular weight excluding hydrogens is 310 g/mol. The lowest BCUT2D eigenvalue weighted by Crippen LogP contribution is -2.36. The number of amides is 3. The number of nitrogens with one attached hydrogen (secondary N) is 3. The lowest BCUT2D eigenvalue weighted by molar-refractivity contribution is -0.116. The van der Waals surface area contributed by atoms with E-state index in [2.05, 4.69) is 16.0 Å². The van der Waals surface area contributed by atoms with E-state index in [1.54, 1.807) is 0 Å². The maximum absolute atomic E-state index is 12.0. The Balaban J connectivity index is 1.36. The van der Waals surface area contributed by atoms with Gasteiger partial charge in [0.25, 0.3) is 0 Å². The van der Waals surface area contributed by atoms with E-state index < -0.39 is 0 Å². The van der Waals surface area contributed by atoms with Crippen molar-refractivity contribution in [1.82, 2.24) is 10.6 Å². The minimum atomic E-state index is -0.0390. The molecule has 1 aromatic carbocycles. The summed E-state index contributed by atoms with van der Waals surface area (Å²) in [6.07, 6.45) is 3.49. The van der Waals surface area contributed by atoms with Crippen molar-refractivity contribution >= 4 is 29.4 Å². The van der Waals surface area contributed by atoms with E-state index in [-0.39, 0.29) is 24.0 Å². The number of thioether (sulfide) groups is 1. The molecule has 3 rings (SSSR count). The number of unbranched alkanes of at least 4 members (excludes halogenated alkanes) is 1. The molecule has 3 amide bonds. The van der Waals surface area contributed by atoms with Crippen LogP contribution >= 0.6 is 11.8 Å². The topological polar surface area (TPSA) is 70.2 Å². The van der Waals surface area contributed by atoms with Crippen LogP contribution in [0.15, 0.2) is 24.3 Å². The fraction of sp³-hybridized carbons (Fsp3) is 0.529. The van der Waals surface area contributed by atoms with Gasteiger partial charge in [-0.2, -0.15) is 11.8 Å². The summed E-state index contributed by atoms with van der Waals surface area (Å²) in [5.41, 5.74) is 1.98. The Morgan fingerprint density at radius 2 is 2.13 bits per heavy atom. The number of rotatable bonds is 6. The second kappa shape index (κ2) is 7.25. The summed E-state index contributed by atoms with van der Waals surface area (Å²) in [5, 5.41) is 9.40. The number of benzene rings is 1. The third-order valence-corrected chi connectivity index (χ3v) is 6.01. The SMILES string of the molecule is Cc1ccccc1NC(=O)CCCC[C@@H]1SC[C@@H]2NC(=O)N[C@@H]21. The van der Waals surface area contributed by atoms with Crippen LogP contribution in [0.5, 0.6) is 0 Å². The van der Waals surface area contributed by atoms with Gasteiger partial charge in [0.1, 0.15) is 0 Å². The number of para-hydroxylation sites is 1. The molecule has 1 aromatic rings. The number of urea groups is 1. The number of anilines is 1. The highest BCUT2D eigenvalue weighted by atomic mass is 32.2. The van der Waals surface area contributed by atoms with Crippen LogP contribution in [0.25, 0.3) is 0 Å². The first-order chi connectivity index (χ1) is 11.1. The van der Waals surface area contributed by atoms with Crippen LogP contribution in [-0.2, 0) is 4.79 Å². The third-order valence-electron chi connectivity index (χ3n) is 4.50. The Morgan fingerprint density at radius 3 is 2.96 bits per heavy atom. The highest BCUT2D eigenvalue weighted by Crippen LogP contribution is 2.33. The molecule has 2 aliphatic rings. The Hall–Kier alpha value is -1.69. The molecule has 2 aliphatic heterocycles. The van der Waals surface area contributed by atoms with E-state index in [9.17, 15) is 9.59 Å². The van der Waals surface area contributed by atoms with Gasteiger partial charge >= 0.3 is 6.03 Å². The highest BCUT2D eigenvalue weighted by molar-refractivity contribution is 8.00. The smallest absolute Gasteiger partial charge is 0.315 e. The summed E-state index contributed by atoms with van der Waals surface area (Å²) in [5.74, 6) is 1.06. The second-order valence-electron chi connectivity index (χ2n) is 6.23. The van der Waals surface area contributed by atoms with E-state index in [1.165, 1.54) is 0 Å². The molecule has 124 valence electrons. The van der Waals surface area contributed by atoms with Gasteiger partial charge in [-0.15, -0.1) is 0 Å². The van der Waals surface area contributed by atoms with Crippen LogP contribution in [0.4, 0.5) is 10.5 Å². The van der Waals surface area contributed by atoms with Gasteiger partial charge in [0.2, 0.25) is 5.91 Å². The van der Waals surface area contributed by atoms with Crippen LogP contribution in [-0.4, -0.2) is 35.0 Å². The van der Waals surface area contributed by atoms with Crippen molar-refractivity contribution in [1.29, 1.82) is 0 Å². The zero-order valence-electron chi connectivity index (χ0n) is 13.3. The Morgan fingerprint density at radius 1 is 1.30 bits per heavy atom. The fourth-order valence-corrected chi connectivity index (χ4v) is 4.74. The number of carbonyl (C=O) groups excluding carboxylic acids is 2. The average Bonchev–Trinajstić information content (AvgIpc) is 3.06. The highest BCUT2D eigenvalue weighted by Gasteiger charge is 2.42. The van der Waals surface area contributed by atoms with Crippen molar-refractivity contribution in [2.75, 3.05) is 11.1 Å². The molecule has 3 N–H and O–H groups in total. The summed E-state index contributed by atoms with van der Waals surface area (Å²) < 4.78 is 0. The Labute approximate surface area is 141 Å². The minimum Gasteiger partial charge on any atom is -0.332 e. The molecule has 0 radical (unpaired) electrons. The van der Waals surface area contributed by atoms with Gasteiger partial charge < -0.3 is 16.0 Å². The molecule has 2 fully saturated rings. The largest absolute Gasteiger partial charge is 0.332 e. The summed E-state index contributed by atoms with van der Waals surface area (Å²) >= 11 is 1.92. The van der Waals surface area contributed by atoms with Crippen LogP contribution in [0.2, 0.25) is 0 Å². The Kier molecular flexibility index (Phi) is 5.10. The number of hydrogen-bond donors (Lipinski definition) is 3. The third kappa shape index (κ3) is 3.99. The number of fused-ring (bicyclic) bond motifs is 1. The second-order valence-corrected chi connectivity index (χ2v) is 7.50. The number of aryl methyl sites for hydroxylation is 1. The summed E-state index contributed by atoms with van der Waals surface area (Å²) in [4.78, 5) is 23.3. The molecule has 0 unspecified atom stereocenters. The first-order valence-electron chi connectivity index (χ1n) is 8.17. The maximum Gasteiger partial charge on any atom is 0.315 e. The molecule has 0 bridgehead atoms. The lowest BCUT2D eigenvalue weighted by atomic mass is 10.0. The van der Waals surface area contributed by atoms with E-state index >= 15 is 0 Å². The Bertz CT molecular complexity index is 593.